The van der Waals surface area contributed by atoms with E-state index >= 15 is 0 Å². The minimum Gasteiger partial charge on any atom is -0.383 e. The first-order valence-corrected chi connectivity index (χ1v) is 7.90. The third-order valence-corrected chi connectivity index (χ3v) is 4.39. The number of amides is 1. The Kier molecular flexibility index (Phi) is 8.06. The zero-order valence-corrected chi connectivity index (χ0v) is 12.1. The molecule has 1 amide bonds. The fourth-order valence-electron chi connectivity index (χ4n) is 1.98. The van der Waals surface area contributed by atoms with Crippen LogP contribution in [0, 0.1) is 0 Å². The van der Waals surface area contributed by atoms with Crippen LogP contribution in [0.25, 0.3) is 0 Å². The monoisotopic (exact) mass is 279 g/mol. The number of ether oxygens (including phenoxy) is 1. The number of rotatable bonds is 8. The number of carbonyl (C=O) groups is 1. The molecular formula is C12H22ClNO2S. The smallest absolute Gasteiger partial charge is 0.222 e. The van der Waals surface area contributed by atoms with Crippen LogP contribution in [0.4, 0.5) is 0 Å². The molecule has 1 unspecified atom stereocenters. The molecule has 1 aliphatic rings. The first-order valence-electron chi connectivity index (χ1n) is 6.21. The van der Waals surface area contributed by atoms with Crippen molar-refractivity contribution < 1.29 is 9.53 Å². The maximum atomic E-state index is 12.1. The van der Waals surface area contributed by atoms with Crippen molar-refractivity contribution in [2.45, 2.75) is 31.7 Å². The van der Waals surface area contributed by atoms with Gasteiger partial charge in [-0.2, -0.15) is 11.8 Å². The number of unbranched alkanes of at least 4 members (excludes halogenated alkanes) is 1. The van der Waals surface area contributed by atoms with Gasteiger partial charge < -0.3 is 9.64 Å². The van der Waals surface area contributed by atoms with Crippen molar-refractivity contribution >= 4 is 29.3 Å². The highest BCUT2D eigenvalue weighted by atomic mass is 35.5. The Hall–Kier alpha value is 0.0700. The standard InChI is InChI=1S/C12H22ClNO2S/c1-16-8-7-14(11-5-9-17-10-11)12(15)4-2-3-6-13/h11H,2-10H2,1H3. The summed E-state index contributed by atoms with van der Waals surface area (Å²) in [6, 6.07) is 0.415. The summed E-state index contributed by atoms with van der Waals surface area (Å²) in [5.41, 5.74) is 0. The SMILES string of the molecule is COCCN(C(=O)CCCCCl)C1CCSC1. The second kappa shape index (κ2) is 9.06. The van der Waals surface area contributed by atoms with Gasteiger partial charge in [0, 0.05) is 37.8 Å². The molecule has 17 heavy (non-hydrogen) atoms. The molecule has 0 N–H and O–H groups in total. The van der Waals surface area contributed by atoms with Gasteiger partial charge in [0.1, 0.15) is 0 Å². The highest BCUT2D eigenvalue weighted by Crippen LogP contribution is 2.23. The van der Waals surface area contributed by atoms with Gasteiger partial charge in [0.15, 0.2) is 0 Å². The van der Waals surface area contributed by atoms with Crippen LogP contribution in [0.15, 0.2) is 0 Å². The van der Waals surface area contributed by atoms with Gasteiger partial charge in [0.05, 0.1) is 6.61 Å². The summed E-state index contributed by atoms with van der Waals surface area (Å²) >= 11 is 7.56. The zero-order valence-electron chi connectivity index (χ0n) is 10.5. The van der Waals surface area contributed by atoms with E-state index in [1.165, 1.54) is 5.75 Å². The Balaban J connectivity index is 2.39. The van der Waals surface area contributed by atoms with E-state index in [1.807, 2.05) is 16.7 Å². The van der Waals surface area contributed by atoms with Crippen LogP contribution in [0.5, 0.6) is 0 Å². The number of alkyl halides is 1. The minimum atomic E-state index is 0.264. The number of hydrogen-bond donors (Lipinski definition) is 0. The summed E-state index contributed by atoms with van der Waals surface area (Å²) in [4.78, 5) is 14.1. The Labute approximate surface area is 113 Å². The molecule has 3 nitrogen and oxygen atoms in total. The molecule has 1 heterocycles. The summed E-state index contributed by atoms with van der Waals surface area (Å²) in [5.74, 6) is 3.15. The Morgan fingerprint density at radius 2 is 2.35 bits per heavy atom. The van der Waals surface area contributed by atoms with Gasteiger partial charge in [-0.25, -0.2) is 0 Å². The molecule has 0 saturated carbocycles. The first kappa shape index (κ1) is 15.1. The molecule has 1 saturated heterocycles. The quantitative estimate of drug-likeness (QED) is 0.505. The third-order valence-electron chi connectivity index (χ3n) is 2.98. The molecule has 0 aromatic heterocycles. The summed E-state index contributed by atoms with van der Waals surface area (Å²) in [6.07, 6.45) is 3.56. The van der Waals surface area contributed by atoms with E-state index in [1.54, 1.807) is 7.11 Å². The van der Waals surface area contributed by atoms with Crippen molar-refractivity contribution in [3.8, 4) is 0 Å². The van der Waals surface area contributed by atoms with Gasteiger partial charge in [0.2, 0.25) is 5.91 Å². The summed E-state index contributed by atoms with van der Waals surface area (Å²) < 4.78 is 5.09. The van der Waals surface area contributed by atoms with E-state index in [4.69, 9.17) is 16.3 Å². The van der Waals surface area contributed by atoms with Crippen LogP contribution in [0.3, 0.4) is 0 Å². The van der Waals surface area contributed by atoms with E-state index in [0.29, 0.717) is 24.9 Å². The van der Waals surface area contributed by atoms with Crippen LogP contribution in [0.1, 0.15) is 25.7 Å². The molecule has 0 radical (unpaired) electrons. The molecule has 1 aliphatic heterocycles. The Morgan fingerprint density at radius 1 is 1.53 bits per heavy atom. The predicted molar refractivity (Wildman–Crippen MR) is 73.9 cm³/mol. The van der Waals surface area contributed by atoms with Gasteiger partial charge >= 0.3 is 0 Å². The molecule has 0 aliphatic carbocycles. The molecular weight excluding hydrogens is 258 g/mol. The second-order valence-corrected chi connectivity index (χ2v) is 5.77. The molecule has 5 heteroatoms. The fourth-order valence-corrected chi connectivity index (χ4v) is 3.40. The number of nitrogens with zero attached hydrogens (tertiary/aromatic N) is 1. The maximum absolute atomic E-state index is 12.1. The van der Waals surface area contributed by atoms with Crippen molar-refractivity contribution in [2.75, 3.05) is 37.6 Å². The maximum Gasteiger partial charge on any atom is 0.222 e. The molecule has 1 fully saturated rings. The van der Waals surface area contributed by atoms with Crippen LogP contribution in [-0.4, -0.2) is 54.5 Å². The molecule has 0 aromatic rings. The van der Waals surface area contributed by atoms with Crippen molar-refractivity contribution in [3.63, 3.8) is 0 Å². The summed E-state index contributed by atoms with van der Waals surface area (Å²) in [6.45, 7) is 1.35. The van der Waals surface area contributed by atoms with E-state index in [0.717, 1.165) is 31.6 Å². The molecule has 1 atom stereocenters. The van der Waals surface area contributed by atoms with E-state index < -0.39 is 0 Å². The highest BCUT2D eigenvalue weighted by Gasteiger charge is 2.26. The topological polar surface area (TPSA) is 29.5 Å². The van der Waals surface area contributed by atoms with Gasteiger partial charge in [0.25, 0.3) is 0 Å². The number of methoxy groups -OCH3 is 1. The van der Waals surface area contributed by atoms with Crippen LogP contribution in [-0.2, 0) is 9.53 Å². The average Bonchev–Trinajstić information content (AvgIpc) is 2.83. The van der Waals surface area contributed by atoms with Gasteiger partial charge in [-0.3, -0.25) is 4.79 Å². The van der Waals surface area contributed by atoms with Gasteiger partial charge in [-0.05, 0) is 25.0 Å². The lowest BCUT2D eigenvalue weighted by molar-refractivity contribution is -0.133. The molecule has 0 aromatic carbocycles. The van der Waals surface area contributed by atoms with Crippen molar-refractivity contribution in [1.82, 2.24) is 4.90 Å². The Bertz CT molecular complexity index is 223. The van der Waals surface area contributed by atoms with Crippen LogP contribution in [0.2, 0.25) is 0 Å². The normalized spacial score (nSPS) is 19.5. The van der Waals surface area contributed by atoms with Crippen molar-refractivity contribution in [3.05, 3.63) is 0 Å². The molecule has 1 rings (SSSR count). The lowest BCUT2D eigenvalue weighted by Crippen LogP contribution is -2.42. The third kappa shape index (κ3) is 5.49. The number of hydrogen-bond acceptors (Lipinski definition) is 3. The van der Waals surface area contributed by atoms with E-state index in [2.05, 4.69) is 0 Å². The lowest BCUT2D eigenvalue weighted by atomic mass is 10.1. The second-order valence-electron chi connectivity index (χ2n) is 4.24. The predicted octanol–water partition coefficient (Wildman–Crippen LogP) is 2.38. The van der Waals surface area contributed by atoms with Crippen LogP contribution < -0.4 is 0 Å². The fraction of sp³-hybridized carbons (Fsp3) is 0.917. The molecule has 0 bridgehead atoms. The van der Waals surface area contributed by atoms with E-state index in [9.17, 15) is 4.79 Å². The summed E-state index contributed by atoms with van der Waals surface area (Å²) in [5, 5.41) is 0. The lowest BCUT2D eigenvalue weighted by Gasteiger charge is -2.28. The first-order chi connectivity index (χ1) is 8.29. The highest BCUT2D eigenvalue weighted by molar-refractivity contribution is 7.99. The summed E-state index contributed by atoms with van der Waals surface area (Å²) in [7, 11) is 1.68. The largest absolute Gasteiger partial charge is 0.383 e. The molecule has 0 spiro atoms. The van der Waals surface area contributed by atoms with Crippen molar-refractivity contribution in [2.24, 2.45) is 0 Å². The zero-order chi connectivity index (χ0) is 12.5. The van der Waals surface area contributed by atoms with Gasteiger partial charge in [-0.15, -0.1) is 11.6 Å². The number of carbonyl (C=O) groups excluding carboxylic acids is 1. The van der Waals surface area contributed by atoms with Gasteiger partial charge in [-0.1, -0.05) is 0 Å². The van der Waals surface area contributed by atoms with Crippen LogP contribution >= 0.6 is 23.4 Å². The van der Waals surface area contributed by atoms with E-state index in [-0.39, 0.29) is 5.91 Å². The average molecular weight is 280 g/mol. The van der Waals surface area contributed by atoms with Crippen molar-refractivity contribution in [1.29, 1.82) is 0 Å². The minimum absolute atomic E-state index is 0.264. The number of thioether (sulfide) groups is 1. The molecule has 100 valence electrons. The number of halogens is 1. The Morgan fingerprint density at radius 3 is 2.94 bits per heavy atom.